The highest BCUT2D eigenvalue weighted by Gasteiger charge is 2.39. The predicted molar refractivity (Wildman–Crippen MR) is 80.8 cm³/mol. The van der Waals surface area contributed by atoms with Gasteiger partial charge in [-0.25, -0.2) is 0 Å². The first-order valence-electron chi connectivity index (χ1n) is 7.43. The lowest BCUT2D eigenvalue weighted by Gasteiger charge is -2.32. The summed E-state index contributed by atoms with van der Waals surface area (Å²) in [6.07, 6.45) is 5.44. The van der Waals surface area contributed by atoms with Crippen molar-refractivity contribution in [1.82, 2.24) is 0 Å². The molecule has 0 aromatic heterocycles. The van der Waals surface area contributed by atoms with Crippen molar-refractivity contribution < 1.29 is 9.59 Å². The zero-order valence-corrected chi connectivity index (χ0v) is 13.6. The standard InChI is InChI=1S/C16H24O2Si/c1-5-8-13-14(17)11-9-6-7-10-12(11)15(18)16(13)19(2,3)4/h5-10H2,1-4H3. The summed E-state index contributed by atoms with van der Waals surface area (Å²) in [6.45, 7) is 8.62. The number of ketones is 2. The fraction of sp³-hybridized carbons (Fsp3) is 0.625. The topological polar surface area (TPSA) is 34.1 Å². The summed E-state index contributed by atoms with van der Waals surface area (Å²) < 4.78 is 0. The van der Waals surface area contributed by atoms with Crippen LogP contribution in [0.5, 0.6) is 0 Å². The van der Waals surface area contributed by atoms with Gasteiger partial charge >= 0.3 is 0 Å². The van der Waals surface area contributed by atoms with Crippen molar-refractivity contribution in [3.8, 4) is 0 Å². The van der Waals surface area contributed by atoms with Gasteiger partial charge in [0.15, 0.2) is 11.6 Å². The zero-order chi connectivity index (χ0) is 14.2. The molecule has 19 heavy (non-hydrogen) atoms. The average molecular weight is 276 g/mol. The number of allylic oxidation sites excluding steroid dienone is 4. The van der Waals surface area contributed by atoms with Gasteiger partial charge in [-0.05, 0) is 37.3 Å². The molecule has 0 amide bonds. The molecule has 2 aliphatic carbocycles. The van der Waals surface area contributed by atoms with Crippen LogP contribution in [0.15, 0.2) is 21.9 Å². The summed E-state index contributed by atoms with van der Waals surface area (Å²) in [5.41, 5.74) is 2.56. The van der Waals surface area contributed by atoms with Crippen LogP contribution in [-0.2, 0) is 9.59 Å². The highest BCUT2D eigenvalue weighted by Crippen LogP contribution is 2.38. The molecule has 0 aliphatic heterocycles. The Morgan fingerprint density at radius 3 is 1.95 bits per heavy atom. The Morgan fingerprint density at radius 1 is 0.947 bits per heavy atom. The van der Waals surface area contributed by atoms with E-state index in [0.29, 0.717) is 0 Å². The van der Waals surface area contributed by atoms with Gasteiger partial charge in [0, 0.05) is 16.7 Å². The quantitative estimate of drug-likeness (QED) is 0.577. The molecule has 0 saturated carbocycles. The van der Waals surface area contributed by atoms with E-state index < -0.39 is 8.07 Å². The minimum atomic E-state index is -1.76. The van der Waals surface area contributed by atoms with E-state index in [2.05, 4.69) is 26.6 Å². The van der Waals surface area contributed by atoms with Crippen molar-refractivity contribution in [2.24, 2.45) is 0 Å². The van der Waals surface area contributed by atoms with Crippen molar-refractivity contribution in [3.05, 3.63) is 21.9 Å². The van der Waals surface area contributed by atoms with Crippen molar-refractivity contribution in [2.75, 3.05) is 0 Å². The van der Waals surface area contributed by atoms with Gasteiger partial charge in [-0.2, -0.15) is 0 Å². The Kier molecular flexibility index (Phi) is 3.95. The Labute approximate surface area is 117 Å². The summed E-state index contributed by atoms with van der Waals surface area (Å²) in [5.74, 6) is 0.422. The Bertz CT molecular complexity index is 489. The van der Waals surface area contributed by atoms with E-state index in [4.69, 9.17) is 0 Å². The van der Waals surface area contributed by atoms with Gasteiger partial charge in [-0.1, -0.05) is 33.0 Å². The van der Waals surface area contributed by atoms with Gasteiger partial charge < -0.3 is 0 Å². The number of hydrogen-bond donors (Lipinski definition) is 0. The van der Waals surface area contributed by atoms with E-state index in [0.717, 1.165) is 60.4 Å². The van der Waals surface area contributed by atoms with E-state index in [9.17, 15) is 9.59 Å². The molecule has 0 unspecified atom stereocenters. The molecule has 2 nitrogen and oxygen atoms in total. The fourth-order valence-electron chi connectivity index (χ4n) is 3.27. The van der Waals surface area contributed by atoms with Crippen LogP contribution < -0.4 is 0 Å². The van der Waals surface area contributed by atoms with Crippen LogP contribution in [0.2, 0.25) is 19.6 Å². The van der Waals surface area contributed by atoms with E-state index in [1.807, 2.05) is 0 Å². The van der Waals surface area contributed by atoms with Gasteiger partial charge in [0.1, 0.15) is 0 Å². The molecule has 0 radical (unpaired) electrons. The third-order valence-corrected chi connectivity index (χ3v) is 6.10. The van der Waals surface area contributed by atoms with Crippen LogP contribution in [0, 0.1) is 0 Å². The van der Waals surface area contributed by atoms with Crippen molar-refractivity contribution in [1.29, 1.82) is 0 Å². The van der Waals surface area contributed by atoms with Crippen LogP contribution in [-0.4, -0.2) is 19.6 Å². The molecule has 0 atom stereocenters. The molecule has 0 saturated heterocycles. The van der Waals surface area contributed by atoms with Gasteiger partial charge in [0.25, 0.3) is 0 Å². The summed E-state index contributed by atoms with van der Waals surface area (Å²) in [6, 6.07) is 0. The molecule has 0 fully saturated rings. The predicted octanol–water partition coefficient (Wildman–Crippen LogP) is 3.98. The first kappa shape index (κ1) is 14.4. The van der Waals surface area contributed by atoms with Gasteiger partial charge in [-0.15, -0.1) is 0 Å². The Morgan fingerprint density at radius 2 is 1.47 bits per heavy atom. The maximum absolute atomic E-state index is 12.8. The molecule has 0 spiro atoms. The Hall–Kier alpha value is -0.963. The monoisotopic (exact) mass is 276 g/mol. The summed E-state index contributed by atoms with van der Waals surface area (Å²) >= 11 is 0. The third kappa shape index (κ3) is 2.53. The van der Waals surface area contributed by atoms with E-state index in [1.165, 1.54) is 0 Å². The second-order valence-electron chi connectivity index (χ2n) is 6.68. The van der Waals surface area contributed by atoms with Crippen LogP contribution in [0.4, 0.5) is 0 Å². The van der Waals surface area contributed by atoms with E-state index in [1.54, 1.807) is 0 Å². The lowest BCUT2D eigenvalue weighted by molar-refractivity contribution is -0.116. The van der Waals surface area contributed by atoms with Gasteiger partial charge in [-0.3, -0.25) is 9.59 Å². The highest BCUT2D eigenvalue weighted by molar-refractivity contribution is 6.88. The number of rotatable bonds is 3. The van der Waals surface area contributed by atoms with Gasteiger partial charge in [0.2, 0.25) is 0 Å². The lowest BCUT2D eigenvalue weighted by Crippen LogP contribution is -2.37. The number of Topliss-reactive ketones (excluding diaryl/α,β-unsaturated/α-hetero) is 2. The van der Waals surface area contributed by atoms with Gasteiger partial charge in [0.05, 0.1) is 8.07 Å². The first-order chi connectivity index (χ1) is 8.88. The minimum absolute atomic E-state index is 0.202. The smallest absolute Gasteiger partial charge is 0.185 e. The van der Waals surface area contributed by atoms with E-state index in [-0.39, 0.29) is 11.6 Å². The van der Waals surface area contributed by atoms with Crippen molar-refractivity contribution in [2.45, 2.75) is 65.1 Å². The molecule has 2 rings (SSSR count). The van der Waals surface area contributed by atoms with E-state index >= 15 is 0 Å². The van der Waals surface area contributed by atoms with Crippen LogP contribution in [0.25, 0.3) is 0 Å². The summed E-state index contributed by atoms with van der Waals surface area (Å²) in [7, 11) is -1.76. The second-order valence-corrected chi connectivity index (χ2v) is 11.7. The molecule has 104 valence electrons. The summed E-state index contributed by atoms with van der Waals surface area (Å²) in [4.78, 5) is 25.5. The van der Waals surface area contributed by atoms with Crippen LogP contribution >= 0.6 is 0 Å². The van der Waals surface area contributed by atoms with Crippen LogP contribution in [0.3, 0.4) is 0 Å². The van der Waals surface area contributed by atoms with Crippen molar-refractivity contribution >= 4 is 19.6 Å². The maximum atomic E-state index is 12.8. The number of carbonyl (C=O) groups excluding carboxylic acids is 2. The molecule has 0 heterocycles. The molecule has 0 aromatic carbocycles. The first-order valence-corrected chi connectivity index (χ1v) is 10.9. The molecular weight excluding hydrogens is 252 g/mol. The number of carbonyl (C=O) groups is 2. The summed E-state index contributed by atoms with van der Waals surface area (Å²) in [5, 5.41) is 0.917. The largest absolute Gasteiger partial charge is 0.290 e. The third-order valence-electron chi connectivity index (χ3n) is 4.07. The molecule has 0 bridgehead atoms. The normalized spacial score (nSPS) is 21.1. The Balaban J connectivity index is 2.56. The highest BCUT2D eigenvalue weighted by atomic mass is 28.3. The molecule has 3 heteroatoms. The average Bonchev–Trinajstić information content (AvgIpc) is 2.34. The number of hydrogen-bond acceptors (Lipinski definition) is 2. The minimum Gasteiger partial charge on any atom is -0.290 e. The molecule has 0 N–H and O–H groups in total. The molecular formula is C16H24O2Si. The SMILES string of the molecule is CCCC1=C([Si](C)(C)C)C(=O)C2=C(CCCC2)C1=O. The second kappa shape index (κ2) is 5.20. The zero-order valence-electron chi connectivity index (χ0n) is 12.6. The maximum Gasteiger partial charge on any atom is 0.185 e. The molecule has 2 aliphatic rings. The molecule has 0 aromatic rings. The van der Waals surface area contributed by atoms with Crippen LogP contribution in [0.1, 0.15) is 45.4 Å². The lowest BCUT2D eigenvalue weighted by atomic mass is 9.80. The van der Waals surface area contributed by atoms with Crippen molar-refractivity contribution in [3.63, 3.8) is 0 Å². The fourth-order valence-corrected chi connectivity index (χ4v) is 5.25.